The van der Waals surface area contributed by atoms with Crippen molar-refractivity contribution in [2.45, 2.75) is 0 Å². The van der Waals surface area contributed by atoms with Gasteiger partial charge in [0.05, 0.1) is 17.3 Å². The highest BCUT2D eigenvalue weighted by atomic mass is 19.1. The van der Waals surface area contributed by atoms with Crippen molar-refractivity contribution < 1.29 is 8.81 Å². The van der Waals surface area contributed by atoms with Crippen molar-refractivity contribution in [3.63, 3.8) is 0 Å². The summed E-state index contributed by atoms with van der Waals surface area (Å²) in [5, 5.41) is 0. The number of H-pyrrole nitrogens is 1. The molecule has 0 atom stereocenters. The molecule has 0 fully saturated rings. The molecule has 3 rings (SSSR count). The second-order valence-electron chi connectivity index (χ2n) is 3.38. The van der Waals surface area contributed by atoms with Gasteiger partial charge in [0.1, 0.15) is 5.82 Å². The summed E-state index contributed by atoms with van der Waals surface area (Å²) in [5.41, 5.74) is 0.679. The fraction of sp³-hybridized carbons (Fsp3) is 0. The fourth-order valence-electron chi connectivity index (χ4n) is 1.70. The lowest BCUT2D eigenvalue weighted by molar-refractivity contribution is 0.538. The molecule has 0 saturated heterocycles. The molecule has 0 aliphatic rings. The predicted octanol–water partition coefficient (Wildman–Crippen LogP) is 2.05. The smallest absolute Gasteiger partial charge is 0.333 e. The molecule has 0 aliphatic heterocycles. The lowest BCUT2D eigenvalue weighted by atomic mass is 10.3. The van der Waals surface area contributed by atoms with E-state index in [0.29, 0.717) is 16.9 Å². The van der Waals surface area contributed by atoms with E-state index in [9.17, 15) is 9.18 Å². The molecule has 5 heteroatoms. The molecule has 1 N–H and O–H groups in total. The van der Waals surface area contributed by atoms with Crippen molar-refractivity contribution in [1.82, 2.24) is 9.55 Å². The highest BCUT2D eigenvalue weighted by molar-refractivity contribution is 5.76. The number of rotatable bonds is 1. The van der Waals surface area contributed by atoms with Gasteiger partial charge in [-0.15, -0.1) is 0 Å². The second-order valence-corrected chi connectivity index (χ2v) is 3.38. The molecular weight excluding hydrogens is 211 g/mol. The molecule has 16 heavy (non-hydrogen) atoms. The molecule has 0 aliphatic carbocycles. The van der Waals surface area contributed by atoms with E-state index < -0.39 is 0 Å². The average Bonchev–Trinajstić information content (AvgIpc) is 2.83. The summed E-state index contributed by atoms with van der Waals surface area (Å²) in [5.74, 6) is 0.0169. The number of furan rings is 1. The van der Waals surface area contributed by atoms with Crippen LogP contribution in [0.4, 0.5) is 4.39 Å². The molecule has 2 aromatic heterocycles. The lowest BCUT2D eigenvalue weighted by Gasteiger charge is -1.97. The Morgan fingerprint density at radius 2 is 2.19 bits per heavy atom. The number of halogens is 1. The topological polar surface area (TPSA) is 50.9 Å². The van der Waals surface area contributed by atoms with Gasteiger partial charge in [-0.2, -0.15) is 0 Å². The van der Waals surface area contributed by atoms with E-state index in [4.69, 9.17) is 4.42 Å². The first-order chi connectivity index (χ1) is 7.75. The minimum Gasteiger partial charge on any atom is -0.448 e. The Kier molecular flexibility index (Phi) is 1.73. The van der Waals surface area contributed by atoms with Crippen molar-refractivity contribution in [1.29, 1.82) is 0 Å². The van der Waals surface area contributed by atoms with Gasteiger partial charge in [0.25, 0.3) is 0 Å². The Hall–Kier alpha value is -2.30. The van der Waals surface area contributed by atoms with E-state index in [2.05, 4.69) is 4.98 Å². The zero-order valence-electron chi connectivity index (χ0n) is 8.11. The van der Waals surface area contributed by atoms with Gasteiger partial charge in [-0.25, -0.2) is 13.8 Å². The van der Waals surface area contributed by atoms with Gasteiger partial charge in [-0.1, -0.05) is 0 Å². The van der Waals surface area contributed by atoms with Crippen LogP contribution in [-0.2, 0) is 0 Å². The van der Waals surface area contributed by atoms with Crippen LogP contribution in [0.5, 0.6) is 0 Å². The van der Waals surface area contributed by atoms with E-state index in [0.717, 1.165) is 0 Å². The van der Waals surface area contributed by atoms with E-state index in [1.165, 1.54) is 29.0 Å². The number of benzene rings is 1. The maximum Gasteiger partial charge on any atom is 0.333 e. The second kappa shape index (κ2) is 3.10. The number of hydrogen-bond donors (Lipinski definition) is 1. The zero-order valence-corrected chi connectivity index (χ0v) is 8.11. The van der Waals surface area contributed by atoms with Crippen molar-refractivity contribution in [2.24, 2.45) is 0 Å². The number of fused-ring (bicyclic) bond motifs is 1. The summed E-state index contributed by atoms with van der Waals surface area (Å²) in [6.45, 7) is 0. The number of aromatic nitrogens is 2. The van der Waals surface area contributed by atoms with Crippen molar-refractivity contribution >= 4 is 11.0 Å². The molecule has 0 saturated carbocycles. The first-order valence-electron chi connectivity index (χ1n) is 4.70. The van der Waals surface area contributed by atoms with E-state index in [-0.39, 0.29) is 11.5 Å². The molecule has 3 aromatic rings. The molecule has 0 radical (unpaired) electrons. The number of hydrogen-bond acceptors (Lipinski definition) is 2. The standard InChI is InChI=1S/C11H7FN2O2/c12-7-3-4-9-8(6-7)13-11(15)14(9)10-2-1-5-16-10/h1-6H,(H,13,15). The molecule has 0 unspecified atom stereocenters. The van der Waals surface area contributed by atoms with E-state index in [1.54, 1.807) is 12.1 Å². The van der Waals surface area contributed by atoms with Crippen LogP contribution in [0, 0.1) is 5.82 Å². The summed E-state index contributed by atoms with van der Waals surface area (Å²) in [6, 6.07) is 7.46. The highest BCUT2D eigenvalue weighted by Gasteiger charge is 2.10. The zero-order chi connectivity index (χ0) is 11.1. The van der Waals surface area contributed by atoms with Crippen molar-refractivity contribution in [3.8, 4) is 5.88 Å². The Morgan fingerprint density at radius 1 is 1.31 bits per heavy atom. The van der Waals surface area contributed by atoms with Gasteiger partial charge in [0, 0.05) is 6.07 Å². The summed E-state index contributed by atoms with van der Waals surface area (Å²) >= 11 is 0. The van der Waals surface area contributed by atoms with Crippen LogP contribution in [0.3, 0.4) is 0 Å². The molecular formula is C11H7FN2O2. The maximum atomic E-state index is 13.0. The first-order valence-corrected chi connectivity index (χ1v) is 4.70. The van der Waals surface area contributed by atoms with Gasteiger partial charge in [0.15, 0.2) is 0 Å². The van der Waals surface area contributed by atoms with E-state index in [1.807, 2.05) is 0 Å². The monoisotopic (exact) mass is 218 g/mol. The lowest BCUT2D eigenvalue weighted by Crippen LogP contribution is -2.13. The summed E-state index contributed by atoms with van der Waals surface area (Å²) in [4.78, 5) is 14.2. The van der Waals surface area contributed by atoms with Gasteiger partial charge in [0.2, 0.25) is 5.88 Å². The quantitative estimate of drug-likeness (QED) is 0.679. The highest BCUT2D eigenvalue weighted by Crippen LogP contribution is 2.16. The number of nitrogens with zero attached hydrogens (tertiary/aromatic N) is 1. The van der Waals surface area contributed by atoms with Crippen LogP contribution in [0.25, 0.3) is 16.9 Å². The largest absolute Gasteiger partial charge is 0.448 e. The van der Waals surface area contributed by atoms with Crippen LogP contribution < -0.4 is 5.69 Å². The van der Waals surface area contributed by atoms with E-state index >= 15 is 0 Å². The van der Waals surface area contributed by atoms with Gasteiger partial charge >= 0.3 is 5.69 Å². The fourth-order valence-corrected chi connectivity index (χ4v) is 1.70. The Bertz CT molecular complexity index is 694. The normalized spacial score (nSPS) is 11.1. The van der Waals surface area contributed by atoms with Crippen LogP contribution in [0.15, 0.2) is 45.8 Å². The Balaban J connectivity index is 2.41. The summed E-state index contributed by atoms with van der Waals surface area (Å²) in [6.07, 6.45) is 1.48. The molecule has 2 heterocycles. The third-order valence-corrected chi connectivity index (χ3v) is 2.37. The Morgan fingerprint density at radius 3 is 2.94 bits per heavy atom. The van der Waals surface area contributed by atoms with Crippen LogP contribution in [0.2, 0.25) is 0 Å². The van der Waals surface area contributed by atoms with Crippen LogP contribution >= 0.6 is 0 Å². The molecule has 4 nitrogen and oxygen atoms in total. The molecule has 0 amide bonds. The minimum absolute atomic E-state index is 0.351. The number of aromatic amines is 1. The van der Waals surface area contributed by atoms with Gasteiger partial charge < -0.3 is 9.40 Å². The molecule has 0 bridgehead atoms. The third kappa shape index (κ3) is 1.18. The van der Waals surface area contributed by atoms with Crippen LogP contribution in [-0.4, -0.2) is 9.55 Å². The SMILES string of the molecule is O=c1[nH]c2cc(F)ccc2n1-c1ccco1. The predicted molar refractivity (Wildman–Crippen MR) is 56.1 cm³/mol. The van der Waals surface area contributed by atoms with Crippen molar-refractivity contribution in [3.05, 3.63) is 52.9 Å². The third-order valence-electron chi connectivity index (χ3n) is 2.37. The first kappa shape index (κ1) is 8.96. The van der Waals surface area contributed by atoms with Gasteiger partial charge in [-0.05, 0) is 24.3 Å². The average molecular weight is 218 g/mol. The molecule has 0 spiro atoms. The molecule has 80 valence electrons. The summed E-state index contributed by atoms with van der Waals surface area (Å²) < 4.78 is 19.5. The molecule has 1 aromatic carbocycles. The minimum atomic E-state index is -0.389. The number of imidazole rings is 1. The summed E-state index contributed by atoms with van der Waals surface area (Å²) in [7, 11) is 0. The Labute approximate surface area is 88.9 Å². The van der Waals surface area contributed by atoms with Crippen molar-refractivity contribution in [2.75, 3.05) is 0 Å². The van der Waals surface area contributed by atoms with Crippen LogP contribution in [0.1, 0.15) is 0 Å². The number of nitrogens with one attached hydrogen (secondary N) is 1. The maximum absolute atomic E-state index is 13.0. The van der Waals surface area contributed by atoms with Gasteiger partial charge in [-0.3, -0.25) is 0 Å².